The topological polar surface area (TPSA) is 76.7 Å². The zero-order valence-corrected chi connectivity index (χ0v) is 14.9. The second-order valence-electron chi connectivity index (χ2n) is 6.35. The first-order valence-electron chi connectivity index (χ1n) is 8.61. The van der Waals surface area contributed by atoms with E-state index in [1.54, 1.807) is 18.2 Å². The highest BCUT2D eigenvalue weighted by Crippen LogP contribution is 2.31. The molecule has 0 atom stereocenters. The standard InChI is InChI=1S/C20H22N2O4/c1-13(2)14-6-8-15(9-7-14)25-11-10-21-20(24)16-4-3-5-17-19(16)26-12-18(23)22-17/h3-9,13H,10-12H2,1-2H3,(H,21,24)(H,22,23). The van der Waals surface area contributed by atoms with Crippen LogP contribution in [0.2, 0.25) is 0 Å². The van der Waals surface area contributed by atoms with Crippen LogP contribution in [0.4, 0.5) is 5.69 Å². The average molecular weight is 354 g/mol. The van der Waals surface area contributed by atoms with Gasteiger partial charge in [0.05, 0.1) is 17.8 Å². The van der Waals surface area contributed by atoms with Crippen molar-refractivity contribution in [3.63, 3.8) is 0 Å². The summed E-state index contributed by atoms with van der Waals surface area (Å²) in [6.07, 6.45) is 0. The second kappa shape index (κ2) is 7.91. The summed E-state index contributed by atoms with van der Waals surface area (Å²) in [4.78, 5) is 23.7. The Kier molecular flexibility index (Phi) is 5.41. The van der Waals surface area contributed by atoms with Gasteiger partial charge in [-0.05, 0) is 35.7 Å². The molecule has 1 heterocycles. The molecule has 0 bridgehead atoms. The molecule has 2 aromatic carbocycles. The van der Waals surface area contributed by atoms with Crippen molar-refractivity contribution in [1.82, 2.24) is 5.32 Å². The van der Waals surface area contributed by atoms with Crippen LogP contribution in [0, 0.1) is 0 Å². The summed E-state index contributed by atoms with van der Waals surface area (Å²) in [6, 6.07) is 13.0. The fourth-order valence-electron chi connectivity index (χ4n) is 2.67. The summed E-state index contributed by atoms with van der Waals surface area (Å²) >= 11 is 0. The molecule has 3 rings (SSSR count). The molecule has 0 radical (unpaired) electrons. The molecule has 1 aliphatic heterocycles. The fraction of sp³-hybridized carbons (Fsp3) is 0.300. The van der Waals surface area contributed by atoms with Crippen LogP contribution in [0.1, 0.15) is 35.7 Å². The predicted molar refractivity (Wildman–Crippen MR) is 98.9 cm³/mol. The normalized spacial score (nSPS) is 12.8. The molecule has 1 aliphatic rings. The molecule has 2 N–H and O–H groups in total. The van der Waals surface area contributed by atoms with Crippen LogP contribution >= 0.6 is 0 Å². The van der Waals surface area contributed by atoms with E-state index >= 15 is 0 Å². The number of nitrogens with one attached hydrogen (secondary N) is 2. The van der Waals surface area contributed by atoms with Crippen LogP contribution in [0.5, 0.6) is 11.5 Å². The number of para-hydroxylation sites is 1. The van der Waals surface area contributed by atoms with Crippen molar-refractivity contribution in [3.05, 3.63) is 53.6 Å². The highest BCUT2D eigenvalue weighted by atomic mass is 16.5. The van der Waals surface area contributed by atoms with Gasteiger partial charge in [-0.1, -0.05) is 32.0 Å². The number of anilines is 1. The third kappa shape index (κ3) is 4.14. The molecular weight excluding hydrogens is 332 g/mol. The quantitative estimate of drug-likeness (QED) is 0.782. The number of carbonyl (C=O) groups is 2. The van der Waals surface area contributed by atoms with Crippen LogP contribution in [0.3, 0.4) is 0 Å². The molecule has 0 aliphatic carbocycles. The molecule has 0 unspecified atom stereocenters. The Balaban J connectivity index is 1.52. The smallest absolute Gasteiger partial charge is 0.262 e. The molecule has 0 aromatic heterocycles. The lowest BCUT2D eigenvalue weighted by atomic mass is 10.0. The Morgan fingerprint density at radius 3 is 2.73 bits per heavy atom. The van der Waals surface area contributed by atoms with Crippen LogP contribution in [-0.4, -0.2) is 31.6 Å². The van der Waals surface area contributed by atoms with Crippen molar-refractivity contribution in [2.45, 2.75) is 19.8 Å². The molecular formula is C20H22N2O4. The predicted octanol–water partition coefficient (Wildman–Crippen LogP) is 2.95. The Hall–Kier alpha value is -3.02. The van der Waals surface area contributed by atoms with Crippen LogP contribution < -0.4 is 20.1 Å². The lowest BCUT2D eigenvalue weighted by Gasteiger charge is -2.20. The molecule has 2 aromatic rings. The van der Waals surface area contributed by atoms with E-state index in [4.69, 9.17) is 9.47 Å². The van der Waals surface area contributed by atoms with Crippen molar-refractivity contribution in [1.29, 1.82) is 0 Å². The second-order valence-corrected chi connectivity index (χ2v) is 6.35. The van der Waals surface area contributed by atoms with Gasteiger partial charge in [0.25, 0.3) is 11.8 Å². The molecule has 136 valence electrons. The third-order valence-corrected chi connectivity index (χ3v) is 4.08. The van der Waals surface area contributed by atoms with E-state index < -0.39 is 0 Å². The summed E-state index contributed by atoms with van der Waals surface area (Å²) < 4.78 is 11.0. The maximum absolute atomic E-state index is 12.4. The molecule has 26 heavy (non-hydrogen) atoms. The monoisotopic (exact) mass is 354 g/mol. The SMILES string of the molecule is CC(C)c1ccc(OCCNC(=O)c2cccc3c2OCC(=O)N3)cc1. The summed E-state index contributed by atoms with van der Waals surface area (Å²) in [5.41, 5.74) is 2.16. The molecule has 2 amide bonds. The van der Waals surface area contributed by atoms with Crippen molar-refractivity contribution in [3.8, 4) is 11.5 Å². The molecule has 0 fully saturated rings. The van der Waals surface area contributed by atoms with Gasteiger partial charge >= 0.3 is 0 Å². The van der Waals surface area contributed by atoms with Crippen LogP contribution in [0.25, 0.3) is 0 Å². The van der Waals surface area contributed by atoms with Crippen LogP contribution in [0.15, 0.2) is 42.5 Å². The van der Waals surface area contributed by atoms with E-state index in [2.05, 4.69) is 24.5 Å². The Bertz CT molecular complexity index is 800. The van der Waals surface area contributed by atoms with Gasteiger partial charge in [-0.25, -0.2) is 0 Å². The first kappa shape index (κ1) is 17.8. The van der Waals surface area contributed by atoms with Gasteiger partial charge in [-0.15, -0.1) is 0 Å². The number of benzene rings is 2. The number of fused-ring (bicyclic) bond motifs is 1. The lowest BCUT2D eigenvalue weighted by Crippen LogP contribution is -2.31. The van der Waals surface area contributed by atoms with E-state index in [9.17, 15) is 9.59 Å². The maximum atomic E-state index is 12.4. The van der Waals surface area contributed by atoms with E-state index in [0.29, 0.717) is 36.1 Å². The number of carbonyl (C=O) groups excluding carboxylic acids is 2. The highest BCUT2D eigenvalue weighted by molar-refractivity contribution is 6.03. The Labute approximate surface area is 152 Å². The number of amides is 2. The minimum Gasteiger partial charge on any atom is -0.492 e. The molecule has 6 heteroatoms. The van der Waals surface area contributed by atoms with Gasteiger partial charge in [0.15, 0.2) is 12.4 Å². The first-order chi connectivity index (χ1) is 12.5. The van der Waals surface area contributed by atoms with Gasteiger partial charge in [0.2, 0.25) is 0 Å². The van der Waals surface area contributed by atoms with Gasteiger partial charge < -0.3 is 20.1 Å². The van der Waals surface area contributed by atoms with E-state index in [-0.39, 0.29) is 18.4 Å². The van der Waals surface area contributed by atoms with E-state index in [1.165, 1.54) is 5.56 Å². The molecule has 0 saturated heterocycles. The van der Waals surface area contributed by atoms with Gasteiger partial charge in [0.1, 0.15) is 12.4 Å². The molecule has 6 nitrogen and oxygen atoms in total. The minimum atomic E-state index is -0.267. The molecule has 0 spiro atoms. The Morgan fingerprint density at radius 1 is 1.23 bits per heavy atom. The first-order valence-corrected chi connectivity index (χ1v) is 8.61. The number of hydrogen-bond donors (Lipinski definition) is 2. The van der Waals surface area contributed by atoms with Crippen molar-refractivity contribution >= 4 is 17.5 Å². The van der Waals surface area contributed by atoms with Crippen LogP contribution in [-0.2, 0) is 4.79 Å². The largest absolute Gasteiger partial charge is 0.492 e. The summed E-state index contributed by atoms with van der Waals surface area (Å²) in [6.45, 7) is 4.92. The summed E-state index contributed by atoms with van der Waals surface area (Å²) in [5.74, 6) is 1.15. The van der Waals surface area contributed by atoms with Crippen molar-refractivity contribution < 1.29 is 19.1 Å². The van der Waals surface area contributed by atoms with Gasteiger partial charge in [-0.3, -0.25) is 9.59 Å². The summed E-state index contributed by atoms with van der Waals surface area (Å²) in [7, 11) is 0. The van der Waals surface area contributed by atoms with Gasteiger partial charge in [0, 0.05) is 0 Å². The summed E-state index contributed by atoms with van der Waals surface area (Å²) in [5, 5.41) is 5.49. The molecule has 0 saturated carbocycles. The number of hydrogen-bond acceptors (Lipinski definition) is 4. The Morgan fingerprint density at radius 2 is 2.00 bits per heavy atom. The minimum absolute atomic E-state index is 0.0905. The zero-order valence-electron chi connectivity index (χ0n) is 14.9. The number of ether oxygens (including phenoxy) is 2. The fourth-order valence-corrected chi connectivity index (χ4v) is 2.67. The zero-order chi connectivity index (χ0) is 18.5. The maximum Gasteiger partial charge on any atom is 0.262 e. The highest BCUT2D eigenvalue weighted by Gasteiger charge is 2.22. The lowest BCUT2D eigenvalue weighted by molar-refractivity contribution is -0.118. The third-order valence-electron chi connectivity index (χ3n) is 4.08. The van der Waals surface area contributed by atoms with Crippen molar-refractivity contribution in [2.75, 3.05) is 25.1 Å². The number of rotatable bonds is 6. The van der Waals surface area contributed by atoms with E-state index in [1.807, 2.05) is 24.3 Å². The van der Waals surface area contributed by atoms with Crippen molar-refractivity contribution in [2.24, 2.45) is 0 Å². The average Bonchev–Trinajstić information content (AvgIpc) is 2.64. The van der Waals surface area contributed by atoms with E-state index in [0.717, 1.165) is 5.75 Å². The van der Waals surface area contributed by atoms with Gasteiger partial charge in [-0.2, -0.15) is 0 Å².